The Kier molecular flexibility index (Phi) is 58.9. The molecule has 25 nitrogen and oxygen atoms in total. The van der Waals surface area contributed by atoms with Crippen molar-refractivity contribution in [3.63, 3.8) is 0 Å². The van der Waals surface area contributed by atoms with Crippen LogP contribution in [0.2, 0.25) is 0 Å². The van der Waals surface area contributed by atoms with Gasteiger partial charge in [-0.05, 0) is 6.42 Å². The summed E-state index contributed by atoms with van der Waals surface area (Å²) in [7, 11) is -4.48. The second kappa shape index (κ2) is 50.6. The topological polar surface area (TPSA) is 496 Å². The first-order valence-corrected chi connectivity index (χ1v) is 21.6. The summed E-state index contributed by atoms with van der Waals surface area (Å²) in [5.41, 5.74) is 0. The monoisotopic (exact) mass is 946 g/mol. The van der Waals surface area contributed by atoms with Crippen LogP contribution in [0.1, 0.15) is 90.4 Å². The standard InChI is InChI=1S/C16H32O5S.5C4H10O4/c1-2-3-4-5-6-7-8-9-10-11-12-13-14-15(16(17)18)22(19,20)21;5*5-1-3(7)4(8)2-6/h15H,2-14H2,1H3,(H,17,18)(H,19,20,21);5*3-8H,1-2H2/t;5*3-,4+. The second-order valence-electron chi connectivity index (χ2n) is 13.5. The van der Waals surface area contributed by atoms with Gasteiger partial charge < -0.3 is 107 Å². The summed E-state index contributed by atoms with van der Waals surface area (Å²) in [6.45, 7) is -3.04. The first-order chi connectivity index (χ1) is 29.0. The van der Waals surface area contributed by atoms with Crippen LogP contribution in [0.4, 0.5) is 0 Å². The van der Waals surface area contributed by atoms with E-state index in [0.29, 0.717) is 6.42 Å². The predicted molar refractivity (Wildman–Crippen MR) is 220 cm³/mol. The quantitative estimate of drug-likeness (QED) is 0.0235. The Hall–Kier alpha value is -1.42. The van der Waals surface area contributed by atoms with Crippen molar-refractivity contribution >= 4 is 16.1 Å². The van der Waals surface area contributed by atoms with Crippen LogP contribution in [0.15, 0.2) is 0 Å². The van der Waals surface area contributed by atoms with Crippen LogP contribution in [0.25, 0.3) is 0 Å². The van der Waals surface area contributed by atoms with E-state index in [2.05, 4.69) is 6.92 Å². The van der Waals surface area contributed by atoms with Gasteiger partial charge in [-0.3, -0.25) is 9.35 Å². The van der Waals surface area contributed by atoms with Gasteiger partial charge in [0.1, 0.15) is 61.0 Å². The Morgan fingerprint density at radius 1 is 0.355 bits per heavy atom. The summed E-state index contributed by atoms with van der Waals surface area (Å²) in [5.74, 6) is -1.47. The Bertz CT molecular complexity index is 869. The summed E-state index contributed by atoms with van der Waals surface area (Å²) in [6, 6.07) is 0. The van der Waals surface area contributed by atoms with Crippen molar-refractivity contribution in [3.8, 4) is 0 Å². The fourth-order valence-electron chi connectivity index (χ4n) is 3.79. The molecule has 0 aliphatic rings. The Morgan fingerprint density at radius 2 is 0.516 bits per heavy atom. The highest BCUT2D eigenvalue weighted by Crippen LogP contribution is 2.15. The molecule has 0 saturated heterocycles. The first kappa shape index (κ1) is 72.2. The molecular formula is C36H82O25S. The first-order valence-electron chi connectivity index (χ1n) is 20.1. The van der Waals surface area contributed by atoms with Gasteiger partial charge in [-0.15, -0.1) is 0 Å². The molecule has 0 aromatic rings. The molecule has 382 valence electrons. The van der Waals surface area contributed by atoms with E-state index in [1.165, 1.54) is 51.4 Å². The highest BCUT2D eigenvalue weighted by molar-refractivity contribution is 7.87. The van der Waals surface area contributed by atoms with Crippen LogP contribution in [0, 0.1) is 0 Å². The number of carboxylic acids is 1. The van der Waals surface area contributed by atoms with Gasteiger partial charge in [-0.25, -0.2) is 0 Å². The lowest BCUT2D eigenvalue weighted by Crippen LogP contribution is -2.31. The molecule has 22 N–H and O–H groups in total. The molecule has 62 heavy (non-hydrogen) atoms. The predicted octanol–water partition coefficient (Wildman–Crippen LogP) is -7.12. The molecule has 0 aromatic carbocycles. The Balaban J connectivity index is -0.000000164. The molecule has 0 radical (unpaired) electrons. The smallest absolute Gasteiger partial charge is 0.324 e. The summed E-state index contributed by atoms with van der Waals surface area (Å²) in [5, 5.41) is 173. The molecular weight excluding hydrogens is 864 g/mol. The van der Waals surface area contributed by atoms with E-state index >= 15 is 0 Å². The Labute approximate surface area is 363 Å². The highest BCUT2D eigenvalue weighted by atomic mass is 32.2. The molecule has 0 fully saturated rings. The molecule has 0 saturated carbocycles. The van der Waals surface area contributed by atoms with Gasteiger partial charge in [-0.1, -0.05) is 84.0 Å². The molecule has 0 aliphatic heterocycles. The van der Waals surface area contributed by atoms with Crippen LogP contribution in [-0.2, 0) is 14.9 Å². The summed E-state index contributed by atoms with van der Waals surface area (Å²) >= 11 is 0. The van der Waals surface area contributed by atoms with Crippen molar-refractivity contribution in [1.29, 1.82) is 0 Å². The van der Waals surface area contributed by atoms with E-state index in [-0.39, 0.29) is 6.42 Å². The molecule has 0 bridgehead atoms. The van der Waals surface area contributed by atoms with E-state index in [1.807, 2.05) is 0 Å². The van der Waals surface area contributed by atoms with Gasteiger partial charge in [0.25, 0.3) is 10.1 Å². The van der Waals surface area contributed by atoms with Crippen molar-refractivity contribution in [3.05, 3.63) is 0 Å². The number of unbranched alkanes of at least 4 members (excludes halogenated alkanes) is 11. The molecule has 0 spiro atoms. The number of rotatable bonds is 30. The summed E-state index contributed by atoms with van der Waals surface area (Å²) < 4.78 is 30.6. The van der Waals surface area contributed by atoms with E-state index in [4.69, 9.17) is 112 Å². The molecule has 11 atom stereocenters. The van der Waals surface area contributed by atoms with Crippen LogP contribution >= 0.6 is 0 Å². The molecule has 0 aromatic heterocycles. The number of carbonyl (C=O) groups is 1. The lowest BCUT2D eigenvalue weighted by Gasteiger charge is -2.10. The van der Waals surface area contributed by atoms with E-state index < -0.39 is 148 Å². The highest BCUT2D eigenvalue weighted by Gasteiger charge is 2.30. The summed E-state index contributed by atoms with van der Waals surface area (Å²) in [4.78, 5) is 10.7. The third-order valence-electron chi connectivity index (χ3n) is 8.05. The van der Waals surface area contributed by atoms with E-state index in [1.54, 1.807) is 0 Å². The van der Waals surface area contributed by atoms with Crippen LogP contribution in [0.5, 0.6) is 0 Å². The third-order valence-corrected chi connectivity index (χ3v) is 9.20. The Morgan fingerprint density at radius 3 is 0.645 bits per heavy atom. The third kappa shape index (κ3) is 49.6. The second-order valence-corrected chi connectivity index (χ2v) is 15.1. The molecule has 0 aliphatic carbocycles. The number of aliphatic hydroxyl groups excluding tert-OH is 20. The maximum Gasteiger partial charge on any atom is 0.324 e. The maximum absolute atomic E-state index is 10.9. The maximum atomic E-state index is 10.9. The van der Waals surface area contributed by atoms with Crippen molar-refractivity contribution in [2.24, 2.45) is 0 Å². The van der Waals surface area contributed by atoms with Crippen molar-refractivity contribution in [2.75, 3.05) is 66.1 Å². The van der Waals surface area contributed by atoms with Crippen LogP contribution in [0.3, 0.4) is 0 Å². The lowest BCUT2D eigenvalue weighted by atomic mass is 10.0. The minimum absolute atomic E-state index is 0.00834. The van der Waals surface area contributed by atoms with Gasteiger partial charge in [-0.2, -0.15) is 8.42 Å². The van der Waals surface area contributed by atoms with Gasteiger partial charge in [0, 0.05) is 0 Å². The molecule has 26 heteroatoms. The minimum Gasteiger partial charge on any atom is -0.480 e. The molecule has 0 heterocycles. The average Bonchev–Trinajstić information content (AvgIpc) is 3.27. The number of hydrogen-bond donors (Lipinski definition) is 22. The molecule has 1 unspecified atom stereocenters. The number of carboxylic acid groups (broad SMARTS) is 1. The van der Waals surface area contributed by atoms with Gasteiger partial charge in [0.2, 0.25) is 0 Å². The van der Waals surface area contributed by atoms with Crippen molar-refractivity contribution < 1.29 is 125 Å². The fraction of sp³-hybridized carbons (Fsp3) is 0.972. The largest absolute Gasteiger partial charge is 0.480 e. The van der Waals surface area contributed by atoms with E-state index in [0.717, 1.165) is 19.3 Å². The minimum atomic E-state index is -4.48. The number of aliphatic hydroxyl groups is 20. The van der Waals surface area contributed by atoms with Gasteiger partial charge >= 0.3 is 5.97 Å². The zero-order valence-corrected chi connectivity index (χ0v) is 36.4. The zero-order valence-electron chi connectivity index (χ0n) is 35.6. The van der Waals surface area contributed by atoms with Crippen molar-refractivity contribution in [2.45, 2.75) is 157 Å². The SMILES string of the molecule is CCCCCCCCCCCCCCC(C(=O)O)S(=O)(=O)O.OC[C@@H](O)[C@@H](O)CO.OC[C@@H](O)[C@@H](O)CO.OC[C@@H](O)[C@@H](O)CO.OC[C@@H](O)[C@@H](O)CO.OC[C@@H](O)[C@@H](O)CO. The van der Waals surface area contributed by atoms with Crippen LogP contribution < -0.4 is 0 Å². The number of hydrogen-bond acceptors (Lipinski definition) is 23. The fourth-order valence-corrected chi connectivity index (χ4v) is 4.51. The zero-order chi connectivity index (χ0) is 49.7. The van der Waals surface area contributed by atoms with E-state index in [9.17, 15) is 13.2 Å². The lowest BCUT2D eigenvalue weighted by molar-refractivity contribution is -0.136. The van der Waals surface area contributed by atoms with Crippen LogP contribution in [-0.4, -0.2) is 259 Å². The average molecular weight is 947 g/mol. The molecule has 0 rings (SSSR count). The van der Waals surface area contributed by atoms with Crippen molar-refractivity contribution in [1.82, 2.24) is 0 Å². The summed E-state index contributed by atoms with van der Waals surface area (Å²) in [6.07, 6.45) is 1.53. The van der Waals surface area contributed by atoms with Gasteiger partial charge in [0.05, 0.1) is 66.1 Å². The number of aliphatic carboxylic acids is 1. The van der Waals surface area contributed by atoms with Gasteiger partial charge in [0.15, 0.2) is 5.25 Å². The molecule has 0 amide bonds. The normalized spacial score (nSPS) is 16.3.